The van der Waals surface area contributed by atoms with Gasteiger partial charge < -0.3 is 15.5 Å². The number of fused-ring (bicyclic) bond motifs is 1. The van der Waals surface area contributed by atoms with Gasteiger partial charge in [0.15, 0.2) is 0 Å². The first kappa shape index (κ1) is 23.1. The fourth-order valence-electron chi connectivity index (χ4n) is 4.97. The average Bonchev–Trinajstić information content (AvgIpc) is 3.41. The Kier molecular flexibility index (Phi) is 5.65. The number of benzene rings is 1. The molecule has 4 heterocycles. The van der Waals surface area contributed by atoms with Crippen LogP contribution >= 0.6 is 0 Å². The number of carbonyl (C=O) groups excluding carboxylic acids is 2. The van der Waals surface area contributed by atoms with Crippen LogP contribution in [0, 0.1) is 6.92 Å². The molecule has 11 heteroatoms. The maximum atomic E-state index is 13.3. The molecule has 2 aliphatic heterocycles. The molecule has 2 aromatic heterocycles. The van der Waals surface area contributed by atoms with Crippen LogP contribution in [0.1, 0.15) is 40.4 Å². The highest BCUT2D eigenvalue weighted by Gasteiger charge is 2.47. The summed E-state index contributed by atoms with van der Waals surface area (Å²) in [5, 5.41) is 5.46. The summed E-state index contributed by atoms with van der Waals surface area (Å²) in [6.07, 6.45) is -2.68. The van der Waals surface area contributed by atoms with E-state index in [0.29, 0.717) is 42.0 Å². The number of rotatable bonds is 4. The largest absolute Gasteiger partial charge is 0.408 e. The number of halogens is 3. The van der Waals surface area contributed by atoms with Crippen LogP contribution in [0.3, 0.4) is 0 Å². The van der Waals surface area contributed by atoms with Gasteiger partial charge in [-0.3, -0.25) is 14.3 Å². The minimum atomic E-state index is -4.44. The third kappa shape index (κ3) is 4.08. The van der Waals surface area contributed by atoms with E-state index in [9.17, 15) is 22.8 Å². The highest BCUT2D eigenvalue weighted by Crippen LogP contribution is 2.35. The summed E-state index contributed by atoms with van der Waals surface area (Å²) in [4.78, 5) is 32.4. The van der Waals surface area contributed by atoms with E-state index in [1.54, 1.807) is 30.0 Å². The summed E-state index contributed by atoms with van der Waals surface area (Å²) >= 11 is 0. The van der Waals surface area contributed by atoms with Crippen LogP contribution in [-0.4, -0.2) is 68.2 Å². The summed E-state index contributed by atoms with van der Waals surface area (Å²) in [7, 11) is 0. The molecule has 35 heavy (non-hydrogen) atoms. The van der Waals surface area contributed by atoms with Crippen LogP contribution in [0.15, 0.2) is 36.5 Å². The minimum absolute atomic E-state index is 0.0468. The van der Waals surface area contributed by atoms with Crippen molar-refractivity contribution in [3.8, 4) is 0 Å². The van der Waals surface area contributed by atoms with E-state index in [1.807, 2.05) is 12.1 Å². The van der Waals surface area contributed by atoms with Gasteiger partial charge in [-0.15, -0.1) is 0 Å². The number of likely N-dealkylation sites (tertiary alicyclic amines) is 2. The number of nitrogens with zero attached hydrogens (tertiary/aromatic N) is 5. The number of para-hydroxylation sites is 1. The number of hydrogen-bond donors (Lipinski definition) is 1. The van der Waals surface area contributed by atoms with Gasteiger partial charge in [-0.2, -0.15) is 18.3 Å². The Hall–Kier alpha value is -3.63. The Balaban J connectivity index is 1.34. The number of amides is 2. The fourth-order valence-corrected chi connectivity index (χ4v) is 4.97. The zero-order chi connectivity index (χ0) is 24.9. The van der Waals surface area contributed by atoms with E-state index in [0.717, 1.165) is 16.0 Å². The number of nitrogen functional groups attached to an aromatic ring is 1. The Labute approximate surface area is 199 Å². The molecule has 5 rings (SSSR count). The molecule has 2 amide bonds. The molecule has 184 valence electrons. The quantitative estimate of drug-likeness (QED) is 0.611. The molecule has 1 aromatic carbocycles. The van der Waals surface area contributed by atoms with Gasteiger partial charge >= 0.3 is 6.18 Å². The Bertz CT molecular complexity index is 1300. The van der Waals surface area contributed by atoms with Crippen LogP contribution in [0.2, 0.25) is 0 Å². The molecular formula is C24H25F3N6O2. The Morgan fingerprint density at radius 1 is 1.17 bits per heavy atom. The van der Waals surface area contributed by atoms with Gasteiger partial charge in [0.25, 0.3) is 5.91 Å². The third-order valence-electron chi connectivity index (χ3n) is 6.95. The lowest BCUT2D eigenvalue weighted by Gasteiger charge is -2.38. The van der Waals surface area contributed by atoms with E-state index in [1.165, 1.54) is 10.9 Å². The predicted octanol–water partition coefficient (Wildman–Crippen LogP) is 3.11. The summed E-state index contributed by atoms with van der Waals surface area (Å²) < 4.78 is 41.5. The van der Waals surface area contributed by atoms with Crippen molar-refractivity contribution in [2.24, 2.45) is 0 Å². The number of nitrogens with two attached hydrogens (primary N) is 1. The molecule has 1 atom stereocenters. The fraction of sp³-hybridized carbons (Fsp3) is 0.417. The molecule has 0 unspecified atom stereocenters. The monoisotopic (exact) mass is 486 g/mol. The summed E-state index contributed by atoms with van der Waals surface area (Å²) in [6.45, 7) is 2.46. The van der Waals surface area contributed by atoms with Crippen molar-refractivity contribution >= 4 is 28.5 Å². The van der Waals surface area contributed by atoms with Gasteiger partial charge in [0.2, 0.25) is 5.91 Å². The van der Waals surface area contributed by atoms with Gasteiger partial charge in [-0.05, 0) is 31.9 Å². The van der Waals surface area contributed by atoms with E-state index < -0.39 is 18.1 Å². The lowest BCUT2D eigenvalue weighted by Crippen LogP contribution is -2.49. The molecule has 8 nitrogen and oxygen atoms in total. The van der Waals surface area contributed by atoms with Crippen molar-refractivity contribution in [1.29, 1.82) is 0 Å². The summed E-state index contributed by atoms with van der Waals surface area (Å²) in [5.41, 5.74) is 8.38. The molecular weight excluding hydrogens is 461 g/mol. The average molecular weight is 486 g/mol. The predicted molar refractivity (Wildman–Crippen MR) is 123 cm³/mol. The van der Waals surface area contributed by atoms with Gasteiger partial charge in [0, 0.05) is 48.3 Å². The maximum absolute atomic E-state index is 13.3. The lowest BCUT2D eigenvalue weighted by atomic mass is 9.93. The molecule has 0 spiro atoms. The zero-order valence-electron chi connectivity index (χ0n) is 19.1. The van der Waals surface area contributed by atoms with Crippen molar-refractivity contribution in [2.45, 2.75) is 44.4 Å². The summed E-state index contributed by atoms with van der Waals surface area (Å²) in [6, 6.07) is 7.23. The topological polar surface area (TPSA) is 97.4 Å². The van der Waals surface area contributed by atoms with E-state index in [-0.39, 0.29) is 31.3 Å². The standard InChI is InChI=1S/C24H25F3N6O2/c1-14-16(8-9-29-22(14)28)23(35)31-11-15(12-31)21-17-5-2-3-6-18(17)33(30-21)13-20(34)32-10-4-7-19(32)24(25,26)27/h2-3,5-6,8-9,15,19H,4,7,10-13H2,1H3,(H2,28,29)/t19-/m0/s1. The first-order valence-electron chi connectivity index (χ1n) is 11.5. The van der Waals surface area contributed by atoms with Crippen LogP contribution < -0.4 is 5.73 Å². The Morgan fingerprint density at radius 2 is 1.91 bits per heavy atom. The van der Waals surface area contributed by atoms with E-state index in [2.05, 4.69) is 10.1 Å². The molecule has 2 saturated heterocycles. The molecule has 3 aromatic rings. The summed E-state index contributed by atoms with van der Waals surface area (Å²) in [5.74, 6) is -0.470. The first-order chi connectivity index (χ1) is 16.6. The molecule has 0 saturated carbocycles. The van der Waals surface area contributed by atoms with Gasteiger partial charge in [-0.25, -0.2) is 4.98 Å². The van der Waals surface area contributed by atoms with Crippen LogP contribution in [0.5, 0.6) is 0 Å². The lowest BCUT2D eigenvalue weighted by molar-refractivity contribution is -0.183. The molecule has 2 aliphatic rings. The number of hydrogen-bond acceptors (Lipinski definition) is 5. The van der Waals surface area contributed by atoms with Crippen molar-refractivity contribution in [1.82, 2.24) is 24.6 Å². The number of anilines is 1. The van der Waals surface area contributed by atoms with Crippen molar-refractivity contribution in [3.63, 3.8) is 0 Å². The molecule has 0 radical (unpaired) electrons. The third-order valence-corrected chi connectivity index (χ3v) is 6.95. The van der Waals surface area contributed by atoms with E-state index >= 15 is 0 Å². The van der Waals surface area contributed by atoms with Crippen LogP contribution in [-0.2, 0) is 11.3 Å². The molecule has 0 aliphatic carbocycles. The SMILES string of the molecule is Cc1c(C(=O)N2CC(c3nn(CC(=O)N4CCC[C@H]4C(F)(F)F)c4ccccc34)C2)ccnc1N. The zero-order valence-corrected chi connectivity index (χ0v) is 19.1. The second kappa shape index (κ2) is 8.54. The Morgan fingerprint density at radius 3 is 2.66 bits per heavy atom. The number of pyridine rings is 1. The second-order valence-electron chi connectivity index (χ2n) is 9.12. The van der Waals surface area contributed by atoms with Crippen molar-refractivity contribution in [3.05, 3.63) is 53.3 Å². The van der Waals surface area contributed by atoms with Crippen LogP contribution in [0.4, 0.5) is 19.0 Å². The van der Waals surface area contributed by atoms with Crippen molar-refractivity contribution < 1.29 is 22.8 Å². The van der Waals surface area contributed by atoms with E-state index in [4.69, 9.17) is 5.73 Å². The van der Waals surface area contributed by atoms with Gasteiger partial charge in [0.1, 0.15) is 18.4 Å². The smallest absolute Gasteiger partial charge is 0.383 e. The normalized spacial score (nSPS) is 18.8. The van der Waals surface area contributed by atoms with Gasteiger partial charge in [0.05, 0.1) is 11.2 Å². The number of aromatic nitrogens is 3. The number of alkyl halides is 3. The number of carbonyl (C=O) groups is 2. The highest BCUT2D eigenvalue weighted by molar-refractivity contribution is 5.97. The second-order valence-corrected chi connectivity index (χ2v) is 9.12. The first-order valence-corrected chi connectivity index (χ1v) is 11.5. The maximum Gasteiger partial charge on any atom is 0.408 e. The molecule has 0 bridgehead atoms. The molecule has 2 fully saturated rings. The minimum Gasteiger partial charge on any atom is -0.383 e. The van der Waals surface area contributed by atoms with Crippen LogP contribution in [0.25, 0.3) is 10.9 Å². The highest BCUT2D eigenvalue weighted by atomic mass is 19.4. The van der Waals surface area contributed by atoms with Crippen molar-refractivity contribution in [2.75, 3.05) is 25.4 Å². The molecule has 2 N–H and O–H groups in total. The van der Waals surface area contributed by atoms with Gasteiger partial charge in [-0.1, -0.05) is 18.2 Å².